The number of nitrogens with zero attached hydrogens (tertiary/aromatic N) is 1. The molecule has 0 heterocycles. The molecule has 3 amide bonds. The Labute approximate surface area is 206 Å². The van der Waals surface area contributed by atoms with Gasteiger partial charge in [0.25, 0.3) is 5.91 Å². The van der Waals surface area contributed by atoms with Crippen LogP contribution in [-0.2, 0) is 14.4 Å². The summed E-state index contributed by atoms with van der Waals surface area (Å²) in [5.41, 5.74) is 4.58. The normalized spacial score (nSPS) is 11.5. The standard InChI is InChI=1S/C23H27IN4O5/c1-5-15(3)26-22(30)23(31)28-25-12-16-10-18(24)21(19(11-16)32-4)33-13-20(29)27-17-8-6-14(2)7-9-17/h6-12,15H,5,13H2,1-4H3,(H,26,30)(H,27,29)(H,28,31)/b25-12-/t15-/m0/s1. The number of methoxy groups -OCH3 is 1. The molecule has 2 aromatic carbocycles. The van der Waals surface area contributed by atoms with E-state index in [2.05, 4.69) is 43.8 Å². The van der Waals surface area contributed by atoms with Crippen molar-refractivity contribution in [3.63, 3.8) is 0 Å². The van der Waals surface area contributed by atoms with Crippen molar-refractivity contribution in [3.8, 4) is 11.5 Å². The van der Waals surface area contributed by atoms with Crippen LogP contribution >= 0.6 is 22.6 Å². The summed E-state index contributed by atoms with van der Waals surface area (Å²) in [6.07, 6.45) is 2.09. The van der Waals surface area contributed by atoms with Crippen molar-refractivity contribution in [3.05, 3.63) is 51.1 Å². The zero-order valence-electron chi connectivity index (χ0n) is 18.9. The lowest BCUT2D eigenvalue weighted by atomic mass is 10.2. The van der Waals surface area contributed by atoms with E-state index in [0.717, 1.165) is 5.56 Å². The van der Waals surface area contributed by atoms with Crippen molar-refractivity contribution >= 4 is 52.2 Å². The minimum Gasteiger partial charge on any atom is -0.493 e. The first-order valence-electron chi connectivity index (χ1n) is 10.2. The highest BCUT2D eigenvalue weighted by Crippen LogP contribution is 2.33. The number of ether oxygens (including phenoxy) is 2. The summed E-state index contributed by atoms with van der Waals surface area (Å²) in [6.45, 7) is 5.48. The summed E-state index contributed by atoms with van der Waals surface area (Å²) in [5, 5.41) is 9.15. The smallest absolute Gasteiger partial charge is 0.329 e. The minimum atomic E-state index is -0.854. The van der Waals surface area contributed by atoms with Gasteiger partial charge in [0.2, 0.25) is 0 Å². The molecule has 0 saturated heterocycles. The maximum atomic E-state index is 12.2. The first-order valence-corrected chi connectivity index (χ1v) is 11.3. The number of nitrogens with one attached hydrogen (secondary N) is 3. The van der Waals surface area contributed by atoms with Crippen LogP contribution in [0.25, 0.3) is 0 Å². The molecule has 1 atom stereocenters. The second-order valence-electron chi connectivity index (χ2n) is 7.22. The molecule has 3 N–H and O–H groups in total. The number of halogens is 1. The molecule has 0 aliphatic rings. The van der Waals surface area contributed by atoms with Gasteiger partial charge < -0.3 is 20.1 Å². The molecule has 10 heteroatoms. The highest BCUT2D eigenvalue weighted by atomic mass is 127. The number of benzene rings is 2. The van der Waals surface area contributed by atoms with Gasteiger partial charge in [-0.1, -0.05) is 24.6 Å². The van der Waals surface area contributed by atoms with Gasteiger partial charge in [-0.15, -0.1) is 0 Å². The lowest BCUT2D eigenvalue weighted by Crippen LogP contribution is -2.41. The predicted molar refractivity (Wildman–Crippen MR) is 135 cm³/mol. The van der Waals surface area contributed by atoms with Crippen LogP contribution in [0.2, 0.25) is 0 Å². The SMILES string of the molecule is CC[C@H](C)NC(=O)C(=O)N/N=C\c1cc(I)c(OCC(=O)Nc2ccc(C)cc2)c(OC)c1. The third kappa shape index (κ3) is 8.37. The molecule has 0 radical (unpaired) electrons. The number of carbonyl (C=O) groups excluding carboxylic acids is 3. The third-order valence-corrected chi connectivity index (χ3v) is 5.31. The molecule has 9 nitrogen and oxygen atoms in total. The number of carbonyl (C=O) groups is 3. The van der Waals surface area contributed by atoms with Crippen LogP contribution in [0.5, 0.6) is 11.5 Å². The molecule has 33 heavy (non-hydrogen) atoms. The Morgan fingerprint density at radius 1 is 1.15 bits per heavy atom. The number of hydrogen-bond donors (Lipinski definition) is 3. The summed E-state index contributed by atoms with van der Waals surface area (Å²) < 4.78 is 11.7. The molecule has 0 bridgehead atoms. The topological polar surface area (TPSA) is 118 Å². The van der Waals surface area contributed by atoms with Gasteiger partial charge >= 0.3 is 11.8 Å². The van der Waals surface area contributed by atoms with Crippen LogP contribution in [0.1, 0.15) is 31.4 Å². The number of anilines is 1. The van der Waals surface area contributed by atoms with Crippen LogP contribution in [-0.4, -0.2) is 43.7 Å². The molecular weight excluding hydrogens is 539 g/mol. The molecule has 0 unspecified atom stereocenters. The fraction of sp³-hybridized carbons (Fsp3) is 0.304. The highest BCUT2D eigenvalue weighted by Gasteiger charge is 2.15. The molecule has 0 aliphatic carbocycles. The van der Waals surface area contributed by atoms with Crippen molar-refractivity contribution in [2.75, 3.05) is 19.0 Å². The second-order valence-corrected chi connectivity index (χ2v) is 8.38. The van der Waals surface area contributed by atoms with Crippen molar-refractivity contribution < 1.29 is 23.9 Å². The molecule has 0 aromatic heterocycles. The molecule has 0 saturated carbocycles. The van der Waals surface area contributed by atoms with Crippen LogP contribution in [0.4, 0.5) is 5.69 Å². The van der Waals surface area contributed by atoms with Gasteiger partial charge in [-0.05, 0) is 72.7 Å². The zero-order chi connectivity index (χ0) is 24.4. The van der Waals surface area contributed by atoms with E-state index in [1.165, 1.54) is 13.3 Å². The monoisotopic (exact) mass is 566 g/mol. The fourth-order valence-corrected chi connectivity index (χ4v) is 3.31. The summed E-state index contributed by atoms with van der Waals surface area (Å²) in [6, 6.07) is 10.7. The summed E-state index contributed by atoms with van der Waals surface area (Å²) in [5.74, 6) is -1.10. The molecular formula is C23H27IN4O5. The zero-order valence-corrected chi connectivity index (χ0v) is 21.1. The van der Waals surface area contributed by atoms with Gasteiger partial charge in [0, 0.05) is 11.7 Å². The molecule has 0 aliphatic heterocycles. The van der Waals surface area contributed by atoms with E-state index < -0.39 is 11.8 Å². The number of hydrogen-bond acceptors (Lipinski definition) is 6. The first kappa shape index (κ1) is 26.1. The van der Waals surface area contributed by atoms with E-state index in [-0.39, 0.29) is 18.6 Å². The van der Waals surface area contributed by atoms with E-state index >= 15 is 0 Å². The third-order valence-electron chi connectivity index (χ3n) is 4.51. The van der Waals surface area contributed by atoms with Crippen molar-refractivity contribution in [2.24, 2.45) is 5.10 Å². The molecule has 0 fully saturated rings. The van der Waals surface area contributed by atoms with E-state index in [4.69, 9.17) is 9.47 Å². The molecule has 176 valence electrons. The van der Waals surface area contributed by atoms with E-state index in [0.29, 0.717) is 32.7 Å². The van der Waals surface area contributed by atoms with Crippen LogP contribution in [0.15, 0.2) is 41.5 Å². The van der Waals surface area contributed by atoms with Gasteiger partial charge in [0.15, 0.2) is 18.1 Å². The minimum absolute atomic E-state index is 0.107. The van der Waals surface area contributed by atoms with Gasteiger partial charge in [-0.3, -0.25) is 14.4 Å². The largest absolute Gasteiger partial charge is 0.493 e. The number of hydrazone groups is 1. The Morgan fingerprint density at radius 2 is 1.85 bits per heavy atom. The average Bonchev–Trinajstić information content (AvgIpc) is 2.79. The Balaban J connectivity index is 1.98. The van der Waals surface area contributed by atoms with Crippen LogP contribution < -0.4 is 25.5 Å². The molecule has 0 spiro atoms. The van der Waals surface area contributed by atoms with E-state index in [1.807, 2.05) is 38.1 Å². The van der Waals surface area contributed by atoms with Crippen LogP contribution in [0.3, 0.4) is 0 Å². The maximum absolute atomic E-state index is 12.2. The van der Waals surface area contributed by atoms with E-state index in [1.54, 1.807) is 19.1 Å². The molecule has 2 aromatic rings. The van der Waals surface area contributed by atoms with Crippen molar-refractivity contribution in [1.29, 1.82) is 0 Å². The quantitative estimate of drug-likeness (QED) is 0.187. The van der Waals surface area contributed by atoms with Crippen molar-refractivity contribution in [2.45, 2.75) is 33.2 Å². The summed E-state index contributed by atoms with van der Waals surface area (Å²) in [4.78, 5) is 35.8. The number of rotatable bonds is 9. The van der Waals surface area contributed by atoms with E-state index in [9.17, 15) is 14.4 Å². The van der Waals surface area contributed by atoms with Gasteiger partial charge in [0.1, 0.15) is 0 Å². The summed E-state index contributed by atoms with van der Waals surface area (Å²) >= 11 is 2.05. The maximum Gasteiger partial charge on any atom is 0.329 e. The fourth-order valence-electron chi connectivity index (χ4n) is 2.53. The number of aryl methyl sites for hydroxylation is 1. The Morgan fingerprint density at radius 3 is 2.48 bits per heavy atom. The number of amides is 3. The Kier molecular flexibility index (Phi) is 10.1. The van der Waals surface area contributed by atoms with Gasteiger partial charge in [-0.2, -0.15) is 5.10 Å². The van der Waals surface area contributed by atoms with Crippen molar-refractivity contribution in [1.82, 2.24) is 10.7 Å². The van der Waals surface area contributed by atoms with Gasteiger partial charge in [0.05, 0.1) is 16.9 Å². The second kappa shape index (κ2) is 12.8. The Bertz CT molecular complexity index is 1020. The first-order chi connectivity index (χ1) is 15.7. The van der Waals surface area contributed by atoms with Gasteiger partial charge in [-0.25, -0.2) is 5.43 Å². The lowest BCUT2D eigenvalue weighted by molar-refractivity contribution is -0.139. The van der Waals surface area contributed by atoms with Crippen LogP contribution in [0, 0.1) is 10.5 Å². The summed E-state index contributed by atoms with van der Waals surface area (Å²) in [7, 11) is 1.48. The molecule has 2 rings (SSSR count). The lowest BCUT2D eigenvalue weighted by Gasteiger charge is -2.13. The highest BCUT2D eigenvalue weighted by molar-refractivity contribution is 14.1. The Hall–Kier alpha value is -3.15. The average molecular weight is 566 g/mol. The predicted octanol–water partition coefficient (Wildman–Crippen LogP) is 2.99.